The highest BCUT2D eigenvalue weighted by atomic mass is 35.5. The second-order valence-corrected chi connectivity index (χ2v) is 9.35. The number of rotatable bonds is 9. The Balaban J connectivity index is 1.82. The number of thioether (sulfide) groups is 1. The Morgan fingerprint density at radius 2 is 2.13 bits per heavy atom. The molecule has 6 nitrogen and oxygen atoms in total. The van der Waals surface area contributed by atoms with Gasteiger partial charge in [0.05, 0.1) is 10.3 Å². The molecule has 1 aromatic carbocycles. The van der Waals surface area contributed by atoms with Crippen LogP contribution in [-0.4, -0.2) is 57.1 Å². The van der Waals surface area contributed by atoms with Gasteiger partial charge in [-0.1, -0.05) is 42.4 Å². The molecule has 164 valence electrons. The summed E-state index contributed by atoms with van der Waals surface area (Å²) in [7, 11) is 1.69. The van der Waals surface area contributed by atoms with Crippen molar-refractivity contribution in [2.45, 2.75) is 68.9 Å². The van der Waals surface area contributed by atoms with Crippen molar-refractivity contribution in [3.05, 3.63) is 29.3 Å². The SMILES string of the molecule is CCC1CCCCN1C(=O)C(C)Sc1nnc(-c2ccccc2Cl)n1CCCOC. The molecular weight excluding hydrogens is 420 g/mol. The normalized spacial score (nSPS) is 17.9. The molecule has 1 aliphatic rings. The van der Waals surface area contributed by atoms with E-state index in [4.69, 9.17) is 16.3 Å². The van der Waals surface area contributed by atoms with Gasteiger partial charge < -0.3 is 14.2 Å². The first-order valence-electron chi connectivity index (χ1n) is 10.7. The number of carbonyl (C=O) groups excluding carboxylic acids is 1. The molecule has 1 fully saturated rings. The first-order valence-corrected chi connectivity index (χ1v) is 12.0. The van der Waals surface area contributed by atoms with E-state index in [2.05, 4.69) is 26.6 Å². The Bertz CT molecular complexity index is 844. The number of halogens is 1. The minimum Gasteiger partial charge on any atom is -0.385 e. The quantitative estimate of drug-likeness (QED) is 0.401. The second kappa shape index (κ2) is 11.2. The molecule has 2 heterocycles. The number of methoxy groups -OCH3 is 1. The van der Waals surface area contributed by atoms with Gasteiger partial charge in [0.15, 0.2) is 11.0 Å². The van der Waals surface area contributed by atoms with Crippen LogP contribution < -0.4 is 0 Å². The molecule has 2 aromatic rings. The fraction of sp³-hybridized carbons (Fsp3) is 0.591. The van der Waals surface area contributed by atoms with Crippen LogP contribution >= 0.6 is 23.4 Å². The van der Waals surface area contributed by atoms with E-state index in [0.717, 1.165) is 48.8 Å². The Morgan fingerprint density at radius 3 is 2.87 bits per heavy atom. The van der Waals surface area contributed by atoms with Crippen LogP contribution in [0.15, 0.2) is 29.4 Å². The molecule has 0 spiro atoms. The Labute approximate surface area is 188 Å². The monoisotopic (exact) mass is 450 g/mol. The maximum absolute atomic E-state index is 13.2. The number of nitrogens with zero attached hydrogens (tertiary/aromatic N) is 4. The highest BCUT2D eigenvalue weighted by Gasteiger charge is 2.30. The summed E-state index contributed by atoms with van der Waals surface area (Å²) in [6.07, 6.45) is 5.23. The van der Waals surface area contributed by atoms with E-state index in [0.29, 0.717) is 24.2 Å². The summed E-state index contributed by atoms with van der Waals surface area (Å²) in [4.78, 5) is 15.3. The van der Waals surface area contributed by atoms with Crippen LogP contribution in [0.5, 0.6) is 0 Å². The largest absolute Gasteiger partial charge is 0.385 e. The number of carbonyl (C=O) groups is 1. The summed E-state index contributed by atoms with van der Waals surface area (Å²) < 4.78 is 7.28. The molecule has 2 atom stereocenters. The minimum absolute atomic E-state index is 0.192. The third kappa shape index (κ3) is 5.37. The van der Waals surface area contributed by atoms with Gasteiger partial charge in [0.25, 0.3) is 0 Å². The number of hydrogen-bond acceptors (Lipinski definition) is 5. The topological polar surface area (TPSA) is 60.2 Å². The fourth-order valence-electron chi connectivity index (χ4n) is 3.94. The molecule has 1 aliphatic heterocycles. The van der Waals surface area contributed by atoms with Gasteiger partial charge in [-0.3, -0.25) is 4.79 Å². The molecule has 8 heteroatoms. The highest BCUT2D eigenvalue weighted by molar-refractivity contribution is 8.00. The maximum Gasteiger partial charge on any atom is 0.236 e. The van der Waals surface area contributed by atoms with Crippen molar-refractivity contribution in [1.29, 1.82) is 0 Å². The summed E-state index contributed by atoms with van der Waals surface area (Å²) in [6, 6.07) is 7.99. The van der Waals surface area contributed by atoms with Crippen LogP contribution in [0.25, 0.3) is 11.4 Å². The first kappa shape index (κ1) is 23.1. The molecule has 0 bridgehead atoms. The van der Waals surface area contributed by atoms with Gasteiger partial charge in [-0.15, -0.1) is 10.2 Å². The number of likely N-dealkylation sites (tertiary alicyclic amines) is 1. The maximum atomic E-state index is 13.2. The third-order valence-corrected chi connectivity index (χ3v) is 6.97. The molecule has 0 saturated carbocycles. The van der Waals surface area contributed by atoms with E-state index in [-0.39, 0.29) is 11.2 Å². The standard InChI is InChI=1S/C22H31ClN4O2S/c1-4-17-10-7-8-13-26(17)21(28)16(2)30-22-25-24-20(27(22)14-9-15-29-3)18-11-5-6-12-19(18)23/h5-6,11-12,16-17H,4,7-10,13-15H2,1-3H3. The number of ether oxygens (including phenoxy) is 1. The van der Waals surface area contributed by atoms with Crippen molar-refractivity contribution >= 4 is 29.3 Å². The van der Waals surface area contributed by atoms with Gasteiger partial charge in [-0.2, -0.15) is 0 Å². The molecule has 1 amide bonds. The number of hydrogen-bond donors (Lipinski definition) is 0. The fourth-order valence-corrected chi connectivity index (χ4v) is 5.11. The third-order valence-electron chi connectivity index (χ3n) is 5.57. The summed E-state index contributed by atoms with van der Waals surface area (Å²) in [6.45, 7) is 6.33. The van der Waals surface area contributed by atoms with Crippen molar-refractivity contribution in [3.63, 3.8) is 0 Å². The lowest BCUT2D eigenvalue weighted by molar-refractivity contribution is -0.134. The Kier molecular flexibility index (Phi) is 8.60. The highest BCUT2D eigenvalue weighted by Crippen LogP contribution is 2.32. The van der Waals surface area contributed by atoms with Crippen LogP contribution in [0.4, 0.5) is 0 Å². The summed E-state index contributed by atoms with van der Waals surface area (Å²) >= 11 is 7.90. The van der Waals surface area contributed by atoms with E-state index >= 15 is 0 Å². The number of amides is 1. The van der Waals surface area contributed by atoms with E-state index in [1.54, 1.807) is 7.11 Å². The minimum atomic E-state index is -0.221. The lowest BCUT2D eigenvalue weighted by Gasteiger charge is -2.36. The van der Waals surface area contributed by atoms with Gasteiger partial charge in [0.1, 0.15) is 0 Å². The molecule has 0 N–H and O–H groups in total. The van der Waals surface area contributed by atoms with Crippen molar-refractivity contribution in [3.8, 4) is 11.4 Å². The number of piperidine rings is 1. The smallest absolute Gasteiger partial charge is 0.236 e. The summed E-state index contributed by atoms with van der Waals surface area (Å²) in [5, 5.41) is 10.0. The average Bonchev–Trinajstić information content (AvgIpc) is 3.15. The predicted octanol–water partition coefficient (Wildman–Crippen LogP) is 4.91. The molecular formula is C22H31ClN4O2S. The molecule has 0 radical (unpaired) electrons. The van der Waals surface area contributed by atoms with Gasteiger partial charge in [0, 0.05) is 38.4 Å². The van der Waals surface area contributed by atoms with Crippen LogP contribution in [0, 0.1) is 0 Å². The summed E-state index contributed by atoms with van der Waals surface area (Å²) in [5.74, 6) is 0.917. The molecule has 2 unspecified atom stereocenters. The van der Waals surface area contributed by atoms with Crippen molar-refractivity contribution < 1.29 is 9.53 Å². The zero-order valence-corrected chi connectivity index (χ0v) is 19.6. The Morgan fingerprint density at radius 1 is 1.33 bits per heavy atom. The van der Waals surface area contributed by atoms with E-state index in [1.165, 1.54) is 18.2 Å². The zero-order valence-electron chi connectivity index (χ0n) is 18.0. The average molecular weight is 451 g/mol. The van der Waals surface area contributed by atoms with Crippen LogP contribution in [0.2, 0.25) is 5.02 Å². The van der Waals surface area contributed by atoms with Gasteiger partial charge in [-0.25, -0.2) is 0 Å². The lowest BCUT2D eigenvalue weighted by Crippen LogP contribution is -2.46. The number of aromatic nitrogens is 3. The van der Waals surface area contributed by atoms with Crippen molar-refractivity contribution in [2.24, 2.45) is 0 Å². The molecule has 3 rings (SSSR count). The van der Waals surface area contributed by atoms with E-state index in [1.807, 2.05) is 31.2 Å². The van der Waals surface area contributed by atoms with E-state index in [9.17, 15) is 4.79 Å². The van der Waals surface area contributed by atoms with Crippen LogP contribution in [-0.2, 0) is 16.1 Å². The molecule has 0 aliphatic carbocycles. The van der Waals surface area contributed by atoms with Crippen LogP contribution in [0.3, 0.4) is 0 Å². The zero-order chi connectivity index (χ0) is 21.5. The van der Waals surface area contributed by atoms with Gasteiger partial charge in [0.2, 0.25) is 5.91 Å². The lowest BCUT2D eigenvalue weighted by atomic mass is 10.00. The first-order chi connectivity index (χ1) is 14.6. The molecule has 1 aromatic heterocycles. The number of benzene rings is 1. The predicted molar refractivity (Wildman–Crippen MR) is 122 cm³/mol. The Hall–Kier alpha value is -1.57. The molecule has 30 heavy (non-hydrogen) atoms. The van der Waals surface area contributed by atoms with Crippen LogP contribution in [0.1, 0.15) is 46.0 Å². The summed E-state index contributed by atoms with van der Waals surface area (Å²) in [5.41, 5.74) is 0.844. The van der Waals surface area contributed by atoms with Gasteiger partial charge in [-0.05, 0) is 51.2 Å². The van der Waals surface area contributed by atoms with E-state index < -0.39 is 0 Å². The van der Waals surface area contributed by atoms with Crippen molar-refractivity contribution in [2.75, 3.05) is 20.3 Å². The molecule has 1 saturated heterocycles. The second-order valence-electron chi connectivity index (χ2n) is 7.63. The van der Waals surface area contributed by atoms with Crippen molar-refractivity contribution in [1.82, 2.24) is 19.7 Å². The van der Waals surface area contributed by atoms with Gasteiger partial charge >= 0.3 is 0 Å².